The second kappa shape index (κ2) is 7.28. The molecule has 0 bridgehead atoms. The first-order chi connectivity index (χ1) is 10.1. The molecule has 2 nitrogen and oxygen atoms in total. The van der Waals surface area contributed by atoms with E-state index in [9.17, 15) is 4.79 Å². The van der Waals surface area contributed by atoms with Crippen LogP contribution < -0.4 is 5.32 Å². The molecule has 3 heteroatoms. The predicted molar refractivity (Wildman–Crippen MR) is 89.4 cm³/mol. The Balaban J connectivity index is 1.83. The quantitative estimate of drug-likeness (QED) is 0.748. The first kappa shape index (κ1) is 15.6. The lowest BCUT2D eigenvalue weighted by Crippen LogP contribution is -2.08. The number of ketones is 1. The number of nitrogens with one attached hydrogen (secondary N) is 1. The highest BCUT2D eigenvalue weighted by Gasteiger charge is 2.05. The second-order valence-electron chi connectivity index (χ2n) is 5.38. The highest BCUT2D eigenvalue weighted by molar-refractivity contribution is 6.30. The molecule has 0 spiro atoms. The van der Waals surface area contributed by atoms with Crippen molar-refractivity contribution in [1.29, 1.82) is 0 Å². The van der Waals surface area contributed by atoms with Gasteiger partial charge in [-0.3, -0.25) is 4.79 Å². The van der Waals surface area contributed by atoms with Crippen LogP contribution in [0.25, 0.3) is 0 Å². The number of hydrogen-bond donors (Lipinski definition) is 1. The van der Waals surface area contributed by atoms with E-state index in [0.717, 1.165) is 5.69 Å². The van der Waals surface area contributed by atoms with Crippen LogP contribution in [-0.4, -0.2) is 12.3 Å². The van der Waals surface area contributed by atoms with Crippen LogP contribution in [0.3, 0.4) is 0 Å². The van der Waals surface area contributed by atoms with Crippen molar-refractivity contribution in [2.75, 3.05) is 11.9 Å². The molecule has 0 aromatic heterocycles. The average molecular weight is 302 g/mol. The fourth-order valence-corrected chi connectivity index (χ4v) is 2.21. The molecule has 0 aliphatic carbocycles. The summed E-state index contributed by atoms with van der Waals surface area (Å²) in [6.45, 7) is 4.98. The van der Waals surface area contributed by atoms with E-state index < -0.39 is 0 Å². The fourth-order valence-electron chi connectivity index (χ4n) is 2.09. The molecule has 0 saturated carbocycles. The summed E-state index contributed by atoms with van der Waals surface area (Å²) in [5.74, 6) is 0.656. The minimum atomic E-state index is 0.123. The molecule has 0 amide bonds. The molecule has 0 aliphatic rings. The van der Waals surface area contributed by atoms with Crippen LogP contribution >= 0.6 is 11.6 Å². The third-order valence-corrected chi connectivity index (χ3v) is 3.68. The maximum Gasteiger partial charge on any atom is 0.164 e. The molecule has 21 heavy (non-hydrogen) atoms. The number of hydrogen-bond acceptors (Lipinski definition) is 2. The van der Waals surface area contributed by atoms with Gasteiger partial charge in [-0.15, -0.1) is 0 Å². The van der Waals surface area contributed by atoms with Crippen LogP contribution in [0.1, 0.15) is 42.1 Å². The van der Waals surface area contributed by atoms with E-state index in [1.54, 1.807) is 24.3 Å². The molecule has 0 fully saturated rings. The average Bonchev–Trinajstić information content (AvgIpc) is 2.48. The van der Waals surface area contributed by atoms with Crippen molar-refractivity contribution < 1.29 is 4.79 Å². The number of Topliss-reactive ketones (excluding diaryl/α,β-unsaturated/α-hetero) is 1. The minimum Gasteiger partial charge on any atom is -0.385 e. The zero-order chi connectivity index (χ0) is 15.2. The highest BCUT2D eigenvalue weighted by Crippen LogP contribution is 2.17. The maximum atomic E-state index is 12.0. The molecule has 0 radical (unpaired) electrons. The van der Waals surface area contributed by atoms with Crippen molar-refractivity contribution in [1.82, 2.24) is 0 Å². The second-order valence-corrected chi connectivity index (χ2v) is 5.82. The Morgan fingerprint density at radius 2 is 1.67 bits per heavy atom. The van der Waals surface area contributed by atoms with E-state index in [1.165, 1.54) is 5.56 Å². The molecular formula is C18H20ClNO. The molecule has 2 rings (SSSR count). The van der Waals surface area contributed by atoms with Crippen molar-refractivity contribution in [2.45, 2.75) is 26.2 Å². The summed E-state index contributed by atoms with van der Waals surface area (Å²) in [6.07, 6.45) is 0.466. The van der Waals surface area contributed by atoms with Gasteiger partial charge >= 0.3 is 0 Å². The Labute approximate surface area is 131 Å². The van der Waals surface area contributed by atoms with Gasteiger partial charge in [-0.25, -0.2) is 0 Å². The largest absolute Gasteiger partial charge is 0.385 e. The third kappa shape index (κ3) is 4.61. The molecule has 0 heterocycles. The van der Waals surface area contributed by atoms with Gasteiger partial charge in [0.1, 0.15) is 0 Å². The van der Waals surface area contributed by atoms with E-state index in [-0.39, 0.29) is 5.78 Å². The molecular weight excluding hydrogens is 282 g/mol. The van der Waals surface area contributed by atoms with E-state index in [1.807, 2.05) is 0 Å². The van der Waals surface area contributed by atoms with Gasteiger partial charge in [0.15, 0.2) is 5.78 Å². The Hall–Kier alpha value is -1.80. The Morgan fingerprint density at radius 3 is 2.24 bits per heavy atom. The summed E-state index contributed by atoms with van der Waals surface area (Å²) < 4.78 is 0. The first-order valence-corrected chi connectivity index (χ1v) is 7.56. The normalized spacial score (nSPS) is 10.7. The molecule has 2 aromatic rings. The van der Waals surface area contributed by atoms with Gasteiger partial charge in [0, 0.05) is 29.2 Å². The minimum absolute atomic E-state index is 0.123. The van der Waals surface area contributed by atoms with Crippen LogP contribution in [0.15, 0.2) is 48.5 Å². The van der Waals surface area contributed by atoms with Gasteiger partial charge in [-0.2, -0.15) is 0 Å². The van der Waals surface area contributed by atoms with E-state index in [2.05, 4.69) is 43.4 Å². The van der Waals surface area contributed by atoms with Gasteiger partial charge in [0.25, 0.3) is 0 Å². The van der Waals surface area contributed by atoms with Crippen molar-refractivity contribution in [3.05, 3.63) is 64.7 Å². The summed E-state index contributed by atoms with van der Waals surface area (Å²) in [4.78, 5) is 12.0. The van der Waals surface area contributed by atoms with Gasteiger partial charge in [-0.1, -0.05) is 37.6 Å². The SMILES string of the molecule is CC(C)c1ccc(NCCC(=O)c2ccc(Cl)cc2)cc1. The van der Waals surface area contributed by atoms with E-state index in [4.69, 9.17) is 11.6 Å². The van der Waals surface area contributed by atoms with Crippen molar-refractivity contribution in [3.63, 3.8) is 0 Å². The van der Waals surface area contributed by atoms with Crippen LogP contribution in [0.2, 0.25) is 5.02 Å². The molecule has 0 aliphatic heterocycles. The molecule has 1 N–H and O–H groups in total. The number of anilines is 1. The van der Waals surface area contributed by atoms with Gasteiger partial charge in [0.05, 0.1) is 0 Å². The molecule has 0 atom stereocenters. The van der Waals surface area contributed by atoms with Crippen molar-refractivity contribution in [2.24, 2.45) is 0 Å². The third-order valence-electron chi connectivity index (χ3n) is 3.42. The summed E-state index contributed by atoms with van der Waals surface area (Å²) in [5, 5.41) is 3.92. The number of carbonyl (C=O) groups is 1. The van der Waals surface area contributed by atoms with Crippen LogP contribution in [0.5, 0.6) is 0 Å². The Morgan fingerprint density at radius 1 is 1.05 bits per heavy atom. The zero-order valence-electron chi connectivity index (χ0n) is 12.4. The van der Waals surface area contributed by atoms with Gasteiger partial charge < -0.3 is 5.32 Å². The Kier molecular flexibility index (Phi) is 5.40. The van der Waals surface area contributed by atoms with E-state index in [0.29, 0.717) is 29.5 Å². The maximum absolute atomic E-state index is 12.0. The number of rotatable bonds is 6. The fraction of sp³-hybridized carbons (Fsp3) is 0.278. The summed E-state index contributed by atoms with van der Waals surface area (Å²) in [5.41, 5.74) is 3.07. The highest BCUT2D eigenvalue weighted by atomic mass is 35.5. The van der Waals surface area contributed by atoms with Crippen LogP contribution in [0, 0.1) is 0 Å². The van der Waals surface area contributed by atoms with E-state index >= 15 is 0 Å². The van der Waals surface area contributed by atoms with Gasteiger partial charge in [-0.05, 0) is 47.9 Å². The molecule has 110 valence electrons. The standard InChI is InChI=1S/C18H20ClNO/c1-13(2)14-5-9-17(10-6-14)20-12-11-18(21)15-3-7-16(19)8-4-15/h3-10,13,20H,11-12H2,1-2H3. The zero-order valence-corrected chi connectivity index (χ0v) is 13.2. The number of carbonyl (C=O) groups excluding carboxylic acids is 1. The van der Waals surface area contributed by atoms with Crippen LogP contribution in [-0.2, 0) is 0 Å². The lowest BCUT2D eigenvalue weighted by Gasteiger charge is -2.09. The lowest BCUT2D eigenvalue weighted by atomic mass is 10.0. The molecule has 0 saturated heterocycles. The Bertz CT molecular complexity index is 588. The summed E-state index contributed by atoms with van der Waals surface area (Å²) in [7, 11) is 0. The number of benzene rings is 2. The van der Waals surface area contributed by atoms with Crippen molar-refractivity contribution >= 4 is 23.1 Å². The summed E-state index contributed by atoms with van der Waals surface area (Å²) >= 11 is 5.81. The topological polar surface area (TPSA) is 29.1 Å². The van der Waals surface area contributed by atoms with Crippen molar-refractivity contribution in [3.8, 4) is 0 Å². The monoisotopic (exact) mass is 301 g/mol. The van der Waals surface area contributed by atoms with Crippen LogP contribution in [0.4, 0.5) is 5.69 Å². The molecule has 0 unspecified atom stereocenters. The lowest BCUT2D eigenvalue weighted by molar-refractivity contribution is 0.0986. The summed E-state index contributed by atoms with van der Waals surface area (Å²) in [6, 6.07) is 15.4. The first-order valence-electron chi connectivity index (χ1n) is 7.19. The number of halogens is 1. The predicted octanol–water partition coefficient (Wildman–Crippen LogP) is 5.15. The molecule has 2 aromatic carbocycles. The van der Waals surface area contributed by atoms with Gasteiger partial charge in [0.2, 0.25) is 0 Å². The smallest absolute Gasteiger partial charge is 0.164 e.